The molecule has 0 aromatic carbocycles. The Morgan fingerprint density at radius 1 is 1.53 bits per heavy atom. The number of imide groups is 1. The summed E-state index contributed by atoms with van der Waals surface area (Å²) in [5.41, 5.74) is -0.543. The van der Waals surface area contributed by atoms with Crippen LogP contribution in [0.3, 0.4) is 0 Å². The Hall–Kier alpha value is -1.06. The summed E-state index contributed by atoms with van der Waals surface area (Å²) in [7, 11) is 0. The van der Waals surface area contributed by atoms with Crippen molar-refractivity contribution in [2.24, 2.45) is 0 Å². The normalized spacial score (nSPS) is 22.0. The summed E-state index contributed by atoms with van der Waals surface area (Å²) >= 11 is 0. The summed E-state index contributed by atoms with van der Waals surface area (Å²) < 4.78 is 5.19. The molecule has 4 heteroatoms. The average molecular weight is 213 g/mol. The number of carbonyl (C=O) groups excluding carboxylic acids is 2. The second kappa shape index (κ2) is 4.21. The van der Waals surface area contributed by atoms with Crippen molar-refractivity contribution >= 4 is 12.0 Å². The maximum Gasteiger partial charge on any atom is 0.417 e. The molecule has 0 radical (unpaired) electrons. The van der Waals surface area contributed by atoms with Gasteiger partial charge in [0.1, 0.15) is 5.60 Å². The highest BCUT2D eigenvalue weighted by atomic mass is 16.6. The van der Waals surface area contributed by atoms with Gasteiger partial charge < -0.3 is 4.74 Å². The van der Waals surface area contributed by atoms with E-state index in [0.717, 1.165) is 12.8 Å². The predicted octanol–water partition coefficient (Wildman–Crippen LogP) is 2.32. The van der Waals surface area contributed by atoms with Crippen LogP contribution in [0.25, 0.3) is 0 Å². The van der Waals surface area contributed by atoms with E-state index >= 15 is 0 Å². The summed E-state index contributed by atoms with van der Waals surface area (Å²) in [6.07, 6.45) is 1.51. The molecule has 1 atom stereocenters. The van der Waals surface area contributed by atoms with Crippen molar-refractivity contribution in [1.29, 1.82) is 0 Å². The van der Waals surface area contributed by atoms with Crippen LogP contribution in [0.15, 0.2) is 0 Å². The summed E-state index contributed by atoms with van der Waals surface area (Å²) in [5, 5.41) is 0. The van der Waals surface area contributed by atoms with Gasteiger partial charge in [0.25, 0.3) is 0 Å². The predicted molar refractivity (Wildman–Crippen MR) is 56.4 cm³/mol. The lowest BCUT2D eigenvalue weighted by Gasteiger charge is -2.26. The number of carbonyl (C=O) groups is 2. The molecule has 0 bridgehead atoms. The zero-order valence-electron chi connectivity index (χ0n) is 9.87. The van der Waals surface area contributed by atoms with E-state index in [2.05, 4.69) is 0 Å². The molecule has 1 fully saturated rings. The van der Waals surface area contributed by atoms with Gasteiger partial charge in [0.15, 0.2) is 0 Å². The molecule has 1 aliphatic rings. The monoisotopic (exact) mass is 213 g/mol. The number of nitrogens with zero attached hydrogens (tertiary/aromatic N) is 1. The third-order valence-corrected chi connectivity index (χ3v) is 2.39. The second-order valence-corrected chi connectivity index (χ2v) is 4.84. The van der Waals surface area contributed by atoms with E-state index in [-0.39, 0.29) is 11.9 Å². The zero-order valence-corrected chi connectivity index (χ0v) is 9.87. The summed E-state index contributed by atoms with van der Waals surface area (Å²) in [6.45, 7) is 7.37. The smallest absolute Gasteiger partial charge is 0.417 e. The minimum absolute atomic E-state index is 0.0207. The van der Waals surface area contributed by atoms with Gasteiger partial charge in [0, 0.05) is 12.5 Å². The van der Waals surface area contributed by atoms with Gasteiger partial charge in [-0.15, -0.1) is 0 Å². The van der Waals surface area contributed by atoms with E-state index in [1.54, 1.807) is 20.8 Å². The van der Waals surface area contributed by atoms with Crippen LogP contribution in [0, 0.1) is 0 Å². The first-order valence-corrected chi connectivity index (χ1v) is 5.40. The Balaban J connectivity index is 2.69. The van der Waals surface area contributed by atoms with E-state index < -0.39 is 11.7 Å². The van der Waals surface area contributed by atoms with Gasteiger partial charge in [-0.05, 0) is 33.6 Å². The molecule has 1 heterocycles. The maximum atomic E-state index is 11.7. The first-order valence-electron chi connectivity index (χ1n) is 5.40. The molecule has 1 unspecified atom stereocenters. The lowest BCUT2D eigenvalue weighted by atomic mass is 10.2. The minimum atomic E-state index is -0.543. The number of hydrogen-bond acceptors (Lipinski definition) is 3. The van der Waals surface area contributed by atoms with Gasteiger partial charge >= 0.3 is 6.09 Å². The Morgan fingerprint density at radius 3 is 2.60 bits per heavy atom. The molecular formula is C11H19NO3. The van der Waals surface area contributed by atoms with Crippen molar-refractivity contribution in [3.63, 3.8) is 0 Å². The zero-order chi connectivity index (χ0) is 11.6. The molecule has 1 rings (SSSR count). The highest BCUT2D eigenvalue weighted by molar-refractivity contribution is 5.94. The third kappa shape index (κ3) is 2.94. The molecule has 0 aromatic rings. The Kier molecular flexibility index (Phi) is 3.37. The Labute approximate surface area is 90.6 Å². The minimum Gasteiger partial charge on any atom is -0.443 e. The quantitative estimate of drug-likeness (QED) is 0.671. The van der Waals surface area contributed by atoms with E-state index in [0.29, 0.717) is 6.42 Å². The number of likely N-dealkylation sites (tertiary alicyclic amines) is 1. The van der Waals surface area contributed by atoms with Crippen molar-refractivity contribution in [3.8, 4) is 0 Å². The van der Waals surface area contributed by atoms with E-state index in [4.69, 9.17) is 4.74 Å². The molecule has 0 aliphatic carbocycles. The first-order chi connectivity index (χ1) is 6.85. The molecule has 0 aromatic heterocycles. The highest BCUT2D eigenvalue weighted by Crippen LogP contribution is 2.23. The molecular weight excluding hydrogens is 194 g/mol. The molecule has 1 saturated heterocycles. The average Bonchev–Trinajstić information content (AvgIpc) is 2.43. The Morgan fingerprint density at radius 2 is 2.13 bits per heavy atom. The molecule has 86 valence electrons. The number of hydrogen-bond donors (Lipinski definition) is 0. The van der Waals surface area contributed by atoms with Crippen LogP contribution in [0.4, 0.5) is 4.79 Å². The molecule has 0 spiro atoms. The van der Waals surface area contributed by atoms with Crippen LogP contribution in [-0.2, 0) is 9.53 Å². The summed E-state index contributed by atoms with van der Waals surface area (Å²) in [4.78, 5) is 24.5. The van der Waals surface area contributed by atoms with Gasteiger partial charge in [-0.25, -0.2) is 9.69 Å². The van der Waals surface area contributed by atoms with Crippen molar-refractivity contribution < 1.29 is 14.3 Å². The third-order valence-electron chi connectivity index (χ3n) is 2.39. The molecule has 15 heavy (non-hydrogen) atoms. The molecule has 1 aliphatic heterocycles. The standard InChI is InChI=1S/C11H19NO3/c1-5-8-6-7-9(13)12(8)10(14)15-11(2,3)4/h8H,5-7H2,1-4H3. The summed E-state index contributed by atoms with van der Waals surface area (Å²) in [6, 6.07) is 0.0207. The van der Waals surface area contributed by atoms with Crippen molar-refractivity contribution in [2.45, 2.75) is 58.6 Å². The van der Waals surface area contributed by atoms with Crippen LogP contribution >= 0.6 is 0 Å². The Bertz CT molecular complexity index is 267. The van der Waals surface area contributed by atoms with Crippen LogP contribution < -0.4 is 0 Å². The van der Waals surface area contributed by atoms with Gasteiger partial charge in [0.05, 0.1) is 0 Å². The maximum absolute atomic E-state index is 11.7. The van der Waals surface area contributed by atoms with Crippen molar-refractivity contribution in [2.75, 3.05) is 0 Å². The molecule has 2 amide bonds. The molecule has 0 saturated carbocycles. The highest BCUT2D eigenvalue weighted by Gasteiger charge is 2.37. The second-order valence-electron chi connectivity index (χ2n) is 4.84. The number of rotatable bonds is 1. The van der Waals surface area contributed by atoms with Gasteiger partial charge in [-0.2, -0.15) is 0 Å². The van der Waals surface area contributed by atoms with Crippen LogP contribution in [0.5, 0.6) is 0 Å². The topological polar surface area (TPSA) is 46.6 Å². The van der Waals surface area contributed by atoms with E-state index in [9.17, 15) is 9.59 Å². The van der Waals surface area contributed by atoms with Crippen molar-refractivity contribution in [3.05, 3.63) is 0 Å². The lowest BCUT2D eigenvalue weighted by Crippen LogP contribution is -2.41. The van der Waals surface area contributed by atoms with E-state index in [1.165, 1.54) is 4.90 Å². The van der Waals surface area contributed by atoms with Gasteiger partial charge in [-0.3, -0.25) is 4.79 Å². The largest absolute Gasteiger partial charge is 0.443 e. The number of amides is 2. The van der Waals surface area contributed by atoms with Crippen LogP contribution in [0.1, 0.15) is 47.0 Å². The fourth-order valence-electron chi connectivity index (χ4n) is 1.69. The SMILES string of the molecule is CCC1CCC(=O)N1C(=O)OC(C)(C)C. The lowest BCUT2D eigenvalue weighted by molar-refractivity contribution is -0.128. The van der Waals surface area contributed by atoms with E-state index in [1.807, 2.05) is 6.92 Å². The fraction of sp³-hybridized carbons (Fsp3) is 0.818. The van der Waals surface area contributed by atoms with Gasteiger partial charge in [-0.1, -0.05) is 6.92 Å². The van der Waals surface area contributed by atoms with Crippen molar-refractivity contribution in [1.82, 2.24) is 4.90 Å². The molecule has 4 nitrogen and oxygen atoms in total. The molecule has 0 N–H and O–H groups in total. The fourth-order valence-corrected chi connectivity index (χ4v) is 1.69. The first kappa shape index (κ1) is 12.0. The van der Waals surface area contributed by atoms with Gasteiger partial charge in [0.2, 0.25) is 5.91 Å². The summed E-state index contributed by atoms with van der Waals surface area (Å²) in [5.74, 6) is -0.115. The van der Waals surface area contributed by atoms with Crippen LogP contribution in [0.2, 0.25) is 0 Å². The van der Waals surface area contributed by atoms with Crippen LogP contribution in [-0.4, -0.2) is 28.5 Å². The number of ether oxygens (including phenoxy) is 1.